The van der Waals surface area contributed by atoms with Crippen LogP contribution in [0, 0.1) is 5.92 Å². The maximum Gasteiger partial charge on any atom is 0.407 e. The second-order valence-corrected chi connectivity index (χ2v) is 8.02. The first-order valence-electron chi connectivity index (χ1n) is 10.0. The van der Waals surface area contributed by atoms with E-state index in [0.29, 0.717) is 13.1 Å². The third kappa shape index (κ3) is 14.0. The van der Waals surface area contributed by atoms with Gasteiger partial charge in [0.25, 0.3) is 0 Å². The number of nitrogens with one attached hydrogen (secondary N) is 3. The van der Waals surface area contributed by atoms with E-state index in [0.717, 1.165) is 37.9 Å². The average Bonchev–Trinajstić information content (AvgIpc) is 2.53. The topological polar surface area (TPSA) is 78.0 Å². The van der Waals surface area contributed by atoms with E-state index in [1.165, 1.54) is 25.9 Å². The summed E-state index contributed by atoms with van der Waals surface area (Å²) in [5, 5.41) is 9.42. The molecule has 1 amide bonds. The van der Waals surface area contributed by atoms with Gasteiger partial charge in [-0.15, -0.1) is 24.0 Å². The molecule has 1 fully saturated rings. The van der Waals surface area contributed by atoms with Gasteiger partial charge in [0.15, 0.2) is 5.96 Å². The van der Waals surface area contributed by atoms with E-state index in [4.69, 9.17) is 4.74 Å². The van der Waals surface area contributed by atoms with Gasteiger partial charge in [0.05, 0.1) is 0 Å². The molecule has 0 aliphatic carbocycles. The van der Waals surface area contributed by atoms with Gasteiger partial charge in [-0.25, -0.2) is 4.79 Å². The number of aliphatic imine (C=N–C) groups is 1. The molecule has 0 bridgehead atoms. The lowest BCUT2D eigenvalue weighted by molar-refractivity contribution is 0.0527. The predicted octanol–water partition coefficient (Wildman–Crippen LogP) is 2.81. The fourth-order valence-corrected chi connectivity index (χ4v) is 2.94. The van der Waals surface area contributed by atoms with Gasteiger partial charge in [0, 0.05) is 39.3 Å². The third-order valence-corrected chi connectivity index (χ3v) is 4.08. The molecule has 1 heterocycles. The van der Waals surface area contributed by atoms with Crippen molar-refractivity contribution in [2.24, 2.45) is 10.9 Å². The standard InChI is InChI=1S/C19H39N5O2.HI/c1-6-20-17(22-12-14-24-13-7-9-16(2)15-24)21-10-8-11-23-18(25)26-19(3,4)5;/h16H,6-15H2,1-5H3,(H,23,25)(H2,20,21,22);1H. The van der Waals surface area contributed by atoms with E-state index in [1.54, 1.807) is 0 Å². The van der Waals surface area contributed by atoms with Crippen LogP contribution in [0.15, 0.2) is 4.99 Å². The van der Waals surface area contributed by atoms with Crippen molar-refractivity contribution in [1.29, 1.82) is 0 Å². The van der Waals surface area contributed by atoms with Crippen LogP contribution in [0.3, 0.4) is 0 Å². The van der Waals surface area contributed by atoms with Gasteiger partial charge in [-0.2, -0.15) is 0 Å². The summed E-state index contributed by atoms with van der Waals surface area (Å²) < 4.78 is 5.21. The quantitative estimate of drug-likeness (QED) is 0.208. The summed E-state index contributed by atoms with van der Waals surface area (Å²) in [6.45, 7) is 16.4. The first-order valence-corrected chi connectivity index (χ1v) is 10.0. The maximum absolute atomic E-state index is 11.6. The minimum absolute atomic E-state index is 0. The van der Waals surface area contributed by atoms with Crippen molar-refractivity contribution in [2.45, 2.75) is 59.5 Å². The van der Waals surface area contributed by atoms with E-state index in [9.17, 15) is 4.79 Å². The number of piperidine rings is 1. The van der Waals surface area contributed by atoms with Gasteiger partial charge < -0.3 is 25.6 Å². The Bertz CT molecular complexity index is 440. The van der Waals surface area contributed by atoms with Gasteiger partial charge in [0.2, 0.25) is 0 Å². The molecule has 0 aromatic rings. The number of carbonyl (C=O) groups excluding carboxylic acids is 1. The number of nitrogens with zero attached hydrogens (tertiary/aromatic N) is 2. The SMILES string of the molecule is CCNC(=NCCCNC(=O)OC(C)(C)C)NCCN1CCCC(C)C1.I. The Balaban J connectivity index is 0.00000676. The fourth-order valence-electron chi connectivity index (χ4n) is 2.94. The molecule has 1 aliphatic heterocycles. The van der Waals surface area contributed by atoms with Gasteiger partial charge in [-0.3, -0.25) is 4.99 Å². The van der Waals surface area contributed by atoms with Crippen LogP contribution in [0.1, 0.15) is 53.9 Å². The first kappa shape index (κ1) is 26.2. The first-order chi connectivity index (χ1) is 12.3. The largest absolute Gasteiger partial charge is 0.444 e. The molecule has 1 saturated heterocycles. The summed E-state index contributed by atoms with van der Waals surface area (Å²) in [4.78, 5) is 18.7. The van der Waals surface area contributed by atoms with Crippen molar-refractivity contribution in [3.63, 3.8) is 0 Å². The van der Waals surface area contributed by atoms with Crippen LogP contribution in [-0.4, -0.2) is 68.4 Å². The van der Waals surface area contributed by atoms with E-state index in [1.807, 2.05) is 20.8 Å². The highest BCUT2D eigenvalue weighted by Crippen LogP contribution is 2.14. The van der Waals surface area contributed by atoms with E-state index >= 15 is 0 Å². The molecule has 7 nitrogen and oxygen atoms in total. The van der Waals surface area contributed by atoms with Crippen LogP contribution >= 0.6 is 24.0 Å². The van der Waals surface area contributed by atoms with Crippen molar-refractivity contribution in [3.8, 4) is 0 Å². The zero-order valence-corrected chi connectivity index (χ0v) is 20.1. The minimum atomic E-state index is -0.462. The summed E-state index contributed by atoms with van der Waals surface area (Å²) >= 11 is 0. The Hall–Kier alpha value is -0.770. The van der Waals surface area contributed by atoms with Crippen molar-refractivity contribution in [1.82, 2.24) is 20.9 Å². The molecule has 1 atom stereocenters. The molecular formula is C19H40IN5O2. The highest BCUT2D eigenvalue weighted by atomic mass is 127. The lowest BCUT2D eigenvalue weighted by Gasteiger charge is -2.30. The van der Waals surface area contributed by atoms with Crippen LogP contribution in [-0.2, 0) is 4.74 Å². The number of likely N-dealkylation sites (tertiary alicyclic amines) is 1. The molecule has 27 heavy (non-hydrogen) atoms. The van der Waals surface area contributed by atoms with Crippen LogP contribution < -0.4 is 16.0 Å². The van der Waals surface area contributed by atoms with Crippen LogP contribution in [0.2, 0.25) is 0 Å². The van der Waals surface area contributed by atoms with Crippen LogP contribution in [0.5, 0.6) is 0 Å². The Morgan fingerprint density at radius 3 is 2.59 bits per heavy atom. The normalized spacial score (nSPS) is 18.4. The maximum atomic E-state index is 11.6. The fraction of sp³-hybridized carbons (Fsp3) is 0.895. The minimum Gasteiger partial charge on any atom is -0.444 e. The monoisotopic (exact) mass is 497 g/mol. The molecule has 0 radical (unpaired) electrons. The third-order valence-electron chi connectivity index (χ3n) is 4.08. The van der Waals surface area contributed by atoms with Crippen molar-refractivity contribution in [2.75, 3.05) is 45.8 Å². The summed E-state index contributed by atoms with van der Waals surface area (Å²) in [7, 11) is 0. The number of halogens is 1. The number of ether oxygens (including phenoxy) is 1. The molecular weight excluding hydrogens is 457 g/mol. The highest BCUT2D eigenvalue weighted by Gasteiger charge is 2.16. The van der Waals surface area contributed by atoms with Crippen molar-refractivity contribution in [3.05, 3.63) is 0 Å². The number of alkyl carbamates (subject to hydrolysis) is 1. The predicted molar refractivity (Wildman–Crippen MR) is 123 cm³/mol. The van der Waals surface area contributed by atoms with E-state index in [-0.39, 0.29) is 30.1 Å². The average molecular weight is 497 g/mol. The van der Waals surface area contributed by atoms with E-state index < -0.39 is 5.60 Å². The Kier molecular flexibility index (Phi) is 13.9. The number of carbonyl (C=O) groups is 1. The van der Waals surface area contributed by atoms with Gasteiger partial charge >= 0.3 is 6.09 Å². The lowest BCUT2D eigenvalue weighted by atomic mass is 10.0. The zero-order valence-electron chi connectivity index (χ0n) is 17.8. The lowest BCUT2D eigenvalue weighted by Crippen LogP contribution is -2.43. The molecule has 1 unspecified atom stereocenters. The molecule has 0 aromatic carbocycles. The number of hydrogen-bond donors (Lipinski definition) is 3. The summed E-state index contributed by atoms with van der Waals surface area (Å²) in [6.07, 6.45) is 3.06. The molecule has 0 saturated carbocycles. The molecule has 160 valence electrons. The second-order valence-electron chi connectivity index (χ2n) is 8.02. The molecule has 0 spiro atoms. The van der Waals surface area contributed by atoms with Gasteiger partial charge in [0.1, 0.15) is 5.60 Å². The van der Waals surface area contributed by atoms with E-state index in [2.05, 4.69) is 39.7 Å². The summed E-state index contributed by atoms with van der Waals surface area (Å²) in [5.41, 5.74) is -0.462. The van der Waals surface area contributed by atoms with Crippen molar-refractivity contribution < 1.29 is 9.53 Å². The summed E-state index contributed by atoms with van der Waals surface area (Å²) in [5.74, 6) is 1.65. The number of hydrogen-bond acceptors (Lipinski definition) is 4. The molecule has 0 aromatic heterocycles. The summed E-state index contributed by atoms with van der Waals surface area (Å²) in [6, 6.07) is 0. The Morgan fingerprint density at radius 2 is 1.96 bits per heavy atom. The Morgan fingerprint density at radius 1 is 1.22 bits per heavy atom. The number of guanidine groups is 1. The van der Waals surface area contributed by atoms with Gasteiger partial charge in [-0.1, -0.05) is 6.92 Å². The molecule has 3 N–H and O–H groups in total. The molecule has 8 heteroatoms. The van der Waals surface area contributed by atoms with Crippen molar-refractivity contribution >= 4 is 36.0 Å². The smallest absolute Gasteiger partial charge is 0.407 e. The van der Waals surface area contributed by atoms with Gasteiger partial charge in [-0.05, 0) is 59.4 Å². The zero-order chi connectivity index (χ0) is 19.4. The van der Waals surface area contributed by atoms with Crippen LogP contribution in [0.25, 0.3) is 0 Å². The second kappa shape index (κ2) is 14.3. The van der Waals surface area contributed by atoms with Crippen LogP contribution in [0.4, 0.5) is 4.79 Å². The molecule has 1 aliphatic rings. The number of amides is 1. The highest BCUT2D eigenvalue weighted by molar-refractivity contribution is 14.0. The number of rotatable bonds is 8. The molecule has 1 rings (SSSR count). The Labute approximate surface area is 182 Å².